The van der Waals surface area contributed by atoms with Gasteiger partial charge in [0.2, 0.25) is 5.91 Å². The van der Waals surface area contributed by atoms with E-state index in [0.717, 1.165) is 32.1 Å². The summed E-state index contributed by atoms with van der Waals surface area (Å²) in [4.78, 5) is 13.6. The first-order valence-corrected chi connectivity index (χ1v) is 10.4. The highest BCUT2D eigenvalue weighted by atomic mass is 16.2. The molecule has 0 heterocycles. The van der Waals surface area contributed by atoms with Crippen molar-refractivity contribution in [2.75, 3.05) is 7.05 Å². The molecule has 0 fully saturated rings. The lowest BCUT2D eigenvalue weighted by Crippen LogP contribution is -2.32. The molecule has 0 radical (unpaired) electrons. The molecule has 0 saturated heterocycles. The predicted octanol–water partition coefficient (Wildman–Crippen LogP) is 7.00. The zero-order valence-corrected chi connectivity index (χ0v) is 17.6. The first kappa shape index (κ1) is 24.4. The van der Waals surface area contributed by atoms with Crippen molar-refractivity contribution in [1.29, 1.82) is 0 Å². The van der Waals surface area contributed by atoms with E-state index in [9.17, 15) is 4.79 Å². The summed E-state index contributed by atoms with van der Waals surface area (Å²) >= 11 is 0. The molecule has 0 aromatic heterocycles. The first-order chi connectivity index (χ1) is 12.6. The van der Waals surface area contributed by atoms with Crippen molar-refractivity contribution >= 4 is 5.91 Å². The minimum Gasteiger partial charge on any atom is -0.343 e. The zero-order valence-electron chi connectivity index (χ0n) is 17.6. The fourth-order valence-corrected chi connectivity index (χ4v) is 2.40. The second-order valence-electron chi connectivity index (χ2n) is 7.08. The minimum atomic E-state index is 0.246. The van der Waals surface area contributed by atoms with E-state index in [0.29, 0.717) is 12.5 Å². The van der Waals surface area contributed by atoms with Crippen molar-refractivity contribution in [3.63, 3.8) is 0 Å². The van der Waals surface area contributed by atoms with Crippen LogP contribution in [0.1, 0.15) is 85.0 Å². The average molecular weight is 360 g/mol. The van der Waals surface area contributed by atoms with Crippen LogP contribution < -0.4 is 0 Å². The molecule has 26 heavy (non-hydrogen) atoms. The Morgan fingerprint density at radius 3 is 1.69 bits per heavy atom. The van der Waals surface area contributed by atoms with Crippen LogP contribution in [0, 0.1) is 0 Å². The Morgan fingerprint density at radius 1 is 0.769 bits per heavy atom. The molecule has 0 aliphatic heterocycles. The second-order valence-corrected chi connectivity index (χ2v) is 7.08. The van der Waals surface area contributed by atoms with Crippen LogP contribution in [-0.2, 0) is 4.79 Å². The molecule has 0 saturated carbocycles. The zero-order chi connectivity index (χ0) is 19.5. The quantitative estimate of drug-likeness (QED) is 0.228. The molecule has 0 aliphatic rings. The summed E-state index contributed by atoms with van der Waals surface area (Å²) < 4.78 is 0. The second kappa shape index (κ2) is 18.2. The Morgan fingerprint density at radius 2 is 1.23 bits per heavy atom. The average Bonchev–Trinajstić information content (AvgIpc) is 2.63. The van der Waals surface area contributed by atoms with Crippen molar-refractivity contribution in [3.8, 4) is 0 Å². The summed E-state index contributed by atoms with van der Waals surface area (Å²) in [7, 11) is 1.88. The number of carbonyl (C=O) groups is 1. The molecule has 0 atom stereocenters. The number of nitrogens with zero attached hydrogens (tertiary/aromatic N) is 1. The summed E-state index contributed by atoms with van der Waals surface area (Å²) in [6.07, 6.45) is 28.6. The van der Waals surface area contributed by atoms with Crippen LogP contribution in [0.2, 0.25) is 0 Å². The number of hydrogen-bond donors (Lipinski definition) is 0. The van der Waals surface area contributed by atoms with Crippen molar-refractivity contribution < 1.29 is 4.79 Å². The molecule has 0 unspecified atom stereocenters. The molecular formula is C24H41NO. The van der Waals surface area contributed by atoms with Gasteiger partial charge in [-0.1, -0.05) is 68.4 Å². The van der Waals surface area contributed by atoms with E-state index in [1.54, 1.807) is 0 Å². The third-order valence-electron chi connectivity index (χ3n) is 4.39. The summed E-state index contributed by atoms with van der Waals surface area (Å²) in [6.45, 7) is 6.33. The normalized spacial score (nSPS) is 12.5. The fourth-order valence-electron chi connectivity index (χ4n) is 2.40. The maximum atomic E-state index is 11.8. The molecule has 0 N–H and O–H groups in total. The Hall–Kier alpha value is -1.57. The van der Waals surface area contributed by atoms with Crippen molar-refractivity contribution in [3.05, 3.63) is 48.6 Å². The maximum Gasteiger partial charge on any atom is 0.222 e. The third kappa shape index (κ3) is 15.9. The van der Waals surface area contributed by atoms with Gasteiger partial charge in [-0.3, -0.25) is 4.79 Å². The summed E-state index contributed by atoms with van der Waals surface area (Å²) in [5.41, 5.74) is 0. The van der Waals surface area contributed by atoms with Crippen LogP contribution in [0.4, 0.5) is 0 Å². The van der Waals surface area contributed by atoms with Gasteiger partial charge in [-0.05, 0) is 58.8 Å². The molecule has 148 valence electrons. The summed E-state index contributed by atoms with van der Waals surface area (Å²) in [5, 5.41) is 0. The Balaban J connectivity index is 3.56. The van der Waals surface area contributed by atoms with Crippen LogP contribution >= 0.6 is 0 Å². The van der Waals surface area contributed by atoms with Crippen LogP contribution in [-0.4, -0.2) is 23.9 Å². The van der Waals surface area contributed by atoms with Crippen LogP contribution in [0.5, 0.6) is 0 Å². The Bertz CT molecular complexity index is 443. The van der Waals surface area contributed by atoms with Gasteiger partial charge in [0.25, 0.3) is 0 Å². The monoisotopic (exact) mass is 359 g/mol. The number of unbranched alkanes of at least 4 members (excludes halogenated alkanes) is 4. The van der Waals surface area contributed by atoms with Gasteiger partial charge in [0.1, 0.15) is 0 Å². The molecule has 0 aromatic carbocycles. The predicted molar refractivity (Wildman–Crippen MR) is 116 cm³/mol. The van der Waals surface area contributed by atoms with Crippen LogP contribution in [0.25, 0.3) is 0 Å². The van der Waals surface area contributed by atoms with Gasteiger partial charge >= 0.3 is 0 Å². The van der Waals surface area contributed by atoms with E-state index in [1.165, 1.54) is 25.7 Å². The summed E-state index contributed by atoms with van der Waals surface area (Å²) in [5.74, 6) is 0.246. The van der Waals surface area contributed by atoms with Gasteiger partial charge in [0.05, 0.1) is 0 Å². The van der Waals surface area contributed by atoms with E-state index in [-0.39, 0.29) is 5.91 Å². The highest BCUT2D eigenvalue weighted by Crippen LogP contribution is 2.04. The van der Waals surface area contributed by atoms with E-state index >= 15 is 0 Å². The fraction of sp³-hybridized carbons (Fsp3) is 0.625. The van der Waals surface area contributed by atoms with Crippen LogP contribution in [0.3, 0.4) is 0 Å². The van der Waals surface area contributed by atoms with E-state index in [4.69, 9.17) is 0 Å². The number of rotatable bonds is 15. The molecule has 1 amide bonds. The Labute approximate surface area is 162 Å². The molecule has 0 rings (SSSR count). The van der Waals surface area contributed by atoms with Gasteiger partial charge < -0.3 is 4.90 Å². The van der Waals surface area contributed by atoms with E-state index in [2.05, 4.69) is 55.5 Å². The molecule has 2 nitrogen and oxygen atoms in total. The largest absolute Gasteiger partial charge is 0.343 e. The minimum absolute atomic E-state index is 0.246. The lowest BCUT2D eigenvalue weighted by Gasteiger charge is -2.21. The molecule has 0 spiro atoms. The number of allylic oxidation sites excluding steroid dienone is 8. The number of carbonyl (C=O) groups excluding carboxylic acids is 1. The molecular weight excluding hydrogens is 318 g/mol. The summed E-state index contributed by atoms with van der Waals surface area (Å²) in [6, 6.07) is 0.291. The maximum absolute atomic E-state index is 11.8. The molecule has 0 bridgehead atoms. The highest BCUT2D eigenvalue weighted by molar-refractivity contribution is 5.76. The lowest BCUT2D eigenvalue weighted by atomic mass is 10.2. The van der Waals surface area contributed by atoms with Crippen molar-refractivity contribution in [2.24, 2.45) is 0 Å². The first-order valence-electron chi connectivity index (χ1n) is 10.4. The molecule has 2 heteroatoms. The third-order valence-corrected chi connectivity index (χ3v) is 4.39. The van der Waals surface area contributed by atoms with Gasteiger partial charge in [0.15, 0.2) is 0 Å². The Kier molecular flexibility index (Phi) is 17.1. The highest BCUT2D eigenvalue weighted by Gasteiger charge is 2.10. The molecule has 0 aromatic rings. The topological polar surface area (TPSA) is 20.3 Å². The van der Waals surface area contributed by atoms with E-state index in [1.807, 2.05) is 25.8 Å². The molecule has 0 aliphatic carbocycles. The van der Waals surface area contributed by atoms with Gasteiger partial charge in [0, 0.05) is 19.5 Å². The van der Waals surface area contributed by atoms with Gasteiger partial charge in [-0.2, -0.15) is 0 Å². The smallest absolute Gasteiger partial charge is 0.222 e. The lowest BCUT2D eigenvalue weighted by molar-refractivity contribution is -0.131. The van der Waals surface area contributed by atoms with Crippen molar-refractivity contribution in [2.45, 2.75) is 91.0 Å². The van der Waals surface area contributed by atoms with Crippen LogP contribution in [0.15, 0.2) is 48.6 Å². The SMILES string of the molecule is CCCCC/C=C\C/C=C\C/C=C\C/C=C\CCCC(=O)N(C)C(C)C. The van der Waals surface area contributed by atoms with Gasteiger partial charge in [-0.15, -0.1) is 0 Å². The van der Waals surface area contributed by atoms with Crippen molar-refractivity contribution in [1.82, 2.24) is 4.90 Å². The van der Waals surface area contributed by atoms with Gasteiger partial charge in [-0.25, -0.2) is 0 Å². The standard InChI is InChI=1S/C24H41NO/c1-5-6-7-8-9-10-11-12-13-14-15-16-17-18-19-20-21-22-24(26)25(4)23(2)3/h9-10,12-13,15-16,18-19,23H,5-8,11,14,17,20-22H2,1-4H3/b10-9-,13-12-,16-15-,19-18-. The number of hydrogen-bond acceptors (Lipinski definition) is 1. The number of amides is 1. The van der Waals surface area contributed by atoms with E-state index < -0.39 is 0 Å².